The lowest BCUT2D eigenvalue weighted by molar-refractivity contribution is 0.304. The van der Waals surface area contributed by atoms with E-state index in [1.54, 1.807) is 0 Å². The second kappa shape index (κ2) is 9.17. The predicted molar refractivity (Wildman–Crippen MR) is 127 cm³/mol. The molecule has 0 aliphatic rings. The summed E-state index contributed by atoms with van der Waals surface area (Å²) in [6, 6.07) is 29.8. The van der Waals surface area contributed by atoms with Gasteiger partial charge in [0.15, 0.2) is 0 Å². The summed E-state index contributed by atoms with van der Waals surface area (Å²) in [6.07, 6.45) is 1.90. The summed E-state index contributed by atoms with van der Waals surface area (Å²) in [5, 5.41) is 12.7. The second-order valence-corrected chi connectivity index (χ2v) is 8.09. The van der Waals surface area contributed by atoms with Gasteiger partial charge in [-0.3, -0.25) is 0 Å². The Kier molecular flexibility index (Phi) is 6.18. The van der Waals surface area contributed by atoms with Crippen molar-refractivity contribution in [1.82, 2.24) is 0 Å². The van der Waals surface area contributed by atoms with Crippen molar-refractivity contribution in [3.8, 4) is 11.8 Å². The van der Waals surface area contributed by atoms with Crippen LogP contribution in [0.2, 0.25) is 5.02 Å². The standard InChI is InChI=1S/C26H17BrClNO/c27-25-15-19(10-13-26(25)30-17-18-8-11-22(28)12-9-18)14-21(16-29)24-7-3-5-20-4-1-2-6-23(20)24/h1-15H,17H2/b21-14-. The fourth-order valence-corrected chi connectivity index (χ4v) is 3.90. The summed E-state index contributed by atoms with van der Waals surface area (Å²) in [7, 11) is 0. The Morgan fingerprint density at radius 2 is 1.73 bits per heavy atom. The summed E-state index contributed by atoms with van der Waals surface area (Å²) in [5.41, 5.74) is 3.51. The minimum atomic E-state index is 0.449. The molecule has 0 fully saturated rings. The van der Waals surface area contributed by atoms with E-state index in [0.717, 1.165) is 37.7 Å². The van der Waals surface area contributed by atoms with Crippen molar-refractivity contribution >= 4 is 50.0 Å². The van der Waals surface area contributed by atoms with Crippen molar-refractivity contribution in [2.45, 2.75) is 6.61 Å². The molecule has 0 unspecified atom stereocenters. The maximum absolute atomic E-state index is 9.79. The maximum atomic E-state index is 9.79. The lowest BCUT2D eigenvalue weighted by Gasteiger charge is -2.10. The summed E-state index contributed by atoms with van der Waals surface area (Å²) in [6.45, 7) is 0.449. The van der Waals surface area contributed by atoms with Crippen LogP contribution in [0.15, 0.2) is 89.4 Å². The number of fused-ring (bicyclic) bond motifs is 1. The highest BCUT2D eigenvalue weighted by Crippen LogP contribution is 2.30. The van der Waals surface area contributed by atoms with Crippen LogP contribution in [0.4, 0.5) is 0 Å². The minimum absolute atomic E-state index is 0.449. The lowest BCUT2D eigenvalue weighted by atomic mass is 9.97. The molecule has 0 heterocycles. The van der Waals surface area contributed by atoms with Crippen LogP contribution in [0, 0.1) is 11.3 Å². The van der Waals surface area contributed by atoms with Gasteiger partial charge in [0.1, 0.15) is 12.4 Å². The van der Waals surface area contributed by atoms with E-state index in [1.807, 2.05) is 78.9 Å². The number of rotatable bonds is 5. The Labute approximate surface area is 189 Å². The molecule has 4 rings (SSSR count). The summed E-state index contributed by atoms with van der Waals surface area (Å²) in [5.74, 6) is 0.741. The smallest absolute Gasteiger partial charge is 0.134 e. The van der Waals surface area contributed by atoms with Crippen molar-refractivity contribution in [3.05, 3.63) is 111 Å². The first kappa shape index (κ1) is 20.2. The zero-order valence-corrected chi connectivity index (χ0v) is 18.3. The molecule has 4 aromatic rings. The first-order chi connectivity index (χ1) is 14.6. The van der Waals surface area contributed by atoms with Crippen LogP contribution >= 0.6 is 27.5 Å². The van der Waals surface area contributed by atoms with Gasteiger partial charge in [-0.1, -0.05) is 72.3 Å². The number of hydrogen-bond donors (Lipinski definition) is 0. The van der Waals surface area contributed by atoms with Crippen molar-refractivity contribution in [3.63, 3.8) is 0 Å². The van der Waals surface area contributed by atoms with E-state index in [4.69, 9.17) is 16.3 Å². The molecule has 0 amide bonds. The fraction of sp³-hybridized carbons (Fsp3) is 0.0385. The van der Waals surface area contributed by atoms with Crippen LogP contribution < -0.4 is 4.74 Å². The van der Waals surface area contributed by atoms with Crippen LogP contribution in [0.3, 0.4) is 0 Å². The maximum Gasteiger partial charge on any atom is 0.134 e. The Morgan fingerprint density at radius 1 is 0.967 bits per heavy atom. The summed E-state index contributed by atoms with van der Waals surface area (Å²) in [4.78, 5) is 0. The highest BCUT2D eigenvalue weighted by Gasteiger charge is 2.08. The van der Waals surface area contributed by atoms with Crippen LogP contribution in [-0.2, 0) is 6.61 Å². The number of hydrogen-bond acceptors (Lipinski definition) is 2. The monoisotopic (exact) mass is 473 g/mol. The van der Waals surface area contributed by atoms with Crippen LogP contribution in [0.25, 0.3) is 22.4 Å². The molecule has 0 saturated carbocycles. The quantitative estimate of drug-likeness (QED) is 0.217. The third-order valence-corrected chi connectivity index (χ3v) is 5.65. The Morgan fingerprint density at radius 3 is 2.50 bits per heavy atom. The van der Waals surface area contributed by atoms with Crippen molar-refractivity contribution < 1.29 is 4.74 Å². The van der Waals surface area contributed by atoms with E-state index in [2.05, 4.69) is 34.1 Å². The van der Waals surface area contributed by atoms with Crippen LogP contribution in [0.1, 0.15) is 16.7 Å². The summed E-state index contributed by atoms with van der Waals surface area (Å²) < 4.78 is 6.75. The Hall–Kier alpha value is -3.06. The predicted octanol–water partition coefficient (Wildman–Crippen LogP) is 7.90. The number of halogens is 2. The normalized spacial score (nSPS) is 11.3. The molecule has 30 heavy (non-hydrogen) atoms. The summed E-state index contributed by atoms with van der Waals surface area (Å²) >= 11 is 9.51. The van der Waals surface area contributed by atoms with Crippen molar-refractivity contribution in [2.75, 3.05) is 0 Å². The van der Waals surface area contributed by atoms with Gasteiger partial charge in [0, 0.05) is 10.6 Å². The molecule has 0 spiro atoms. The van der Waals surface area contributed by atoms with E-state index in [0.29, 0.717) is 17.2 Å². The van der Waals surface area contributed by atoms with Crippen molar-refractivity contribution in [2.24, 2.45) is 0 Å². The van der Waals surface area contributed by atoms with Gasteiger partial charge in [-0.2, -0.15) is 5.26 Å². The van der Waals surface area contributed by atoms with Gasteiger partial charge in [-0.05, 0) is 68.2 Å². The Balaban J connectivity index is 1.59. The lowest BCUT2D eigenvalue weighted by Crippen LogP contribution is -1.96. The molecule has 0 aliphatic carbocycles. The molecule has 146 valence electrons. The number of nitrogens with zero attached hydrogens (tertiary/aromatic N) is 1. The molecule has 0 aliphatic heterocycles. The number of nitriles is 1. The van der Waals surface area contributed by atoms with Gasteiger partial charge in [0.05, 0.1) is 16.1 Å². The molecule has 0 N–H and O–H groups in total. The second-order valence-electron chi connectivity index (χ2n) is 6.80. The Bertz CT molecular complexity index is 1270. The molecule has 2 nitrogen and oxygen atoms in total. The van der Waals surface area contributed by atoms with Gasteiger partial charge in [-0.25, -0.2) is 0 Å². The van der Waals surface area contributed by atoms with E-state index in [1.165, 1.54) is 0 Å². The van der Waals surface area contributed by atoms with E-state index >= 15 is 0 Å². The highest BCUT2D eigenvalue weighted by molar-refractivity contribution is 9.10. The van der Waals surface area contributed by atoms with E-state index < -0.39 is 0 Å². The molecular weight excluding hydrogens is 458 g/mol. The molecule has 0 bridgehead atoms. The van der Waals surface area contributed by atoms with Gasteiger partial charge < -0.3 is 4.74 Å². The van der Waals surface area contributed by atoms with Crippen LogP contribution in [0.5, 0.6) is 5.75 Å². The molecule has 0 aromatic heterocycles. The zero-order chi connectivity index (χ0) is 20.9. The van der Waals surface area contributed by atoms with Crippen molar-refractivity contribution in [1.29, 1.82) is 5.26 Å². The largest absolute Gasteiger partial charge is 0.488 e. The first-order valence-corrected chi connectivity index (χ1v) is 10.6. The number of allylic oxidation sites excluding steroid dienone is 1. The van der Waals surface area contributed by atoms with E-state index in [-0.39, 0.29) is 0 Å². The van der Waals surface area contributed by atoms with Gasteiger partial charge in [0.2, 0.25) is 0 Å². The first-order valence-electron chi connectivity index (χ1n) is 9.41. The topological polar surface area (TPSA) is 33.0 Å². The molecule has 0 radical (unpaired) electrons. The van der Waals surface area contributed by atoms with E-state index in [9.17, 15) is 5.26 Å². The average Bonchev–Trinajstić information content (AvgIpc) is 2.78. The highest BCUT2D eigenvalue weighted by atomic mass is 79.9. The van der Waals surface area contributed by atoms with Gasteiger partial charge in [0.25, 0.3) is 0 Å². The van der Waals surface area contributed by atoms with Crippen LogP contribution in [-0.4, -0.2) is 0 Å². The average molecular weight is 475 g/mol. The molecule has 0 atom stereocenters. The third kappa shape index (κ3) is 4.57. The molecule has 0 saturated heterocycles. The molecule has 4 heteroatoms. The number of ether oxygens (including phenoxy) is 1. The SMILES string of the molecule is N#C/C(=C/c1ccc(OCc2ccc(Cl)cc2)c(Br)c1)c1cccc2ccccc12. The van der Waals surface area contributed by atoms with Gasteiger partial charge >= 0.3 is 0 Å². The third-order valence-electron chi connectivity index (χ3n) is 4.77. The molecule has 4 aromatic carbocycles. The minimum Gasteiger partial charge on any atom is -0.488 e. The van der Waals surface area contributed by atoms with Gasteiger partial charge in [-0.15, -0.1) is 0 Å². The number of benzene rings is 4. The molecular formula is C26H17BrClNO. The zero-order valence-electron chi connectivity index (χ0n) is 16.0. The fourth-order valence-electron chi connectivity index (χ4n) is 3.26.